The fourth-order valence-corrected chi connectivity index (χ4v) is 2.12. The van der Waals surface area contributed by atoms with Crippen LogP contribution in [0.1, 0.15) is 15.9 Å². The van der Waals surface area contributed by atoms with E-state index < -0.39 is 0 Å². The van der Waals surface area contributed by atoms with Crippen molar-refractivity contribution in [3.8, 4) is 0 Å². The fourth-order valence-electron chi connectivity index (χ4n) is 1.60. The molecule has 0 aliphatic heterocycles. The second-order valence-corrected chi connectivity index (χ2v) is 5.22. The average Bonchev–Trinajstić information content (AvgIpc) is 2.42. The Morgan fingerprint density at radius 2 is 1.75 bits per heavy atom. The van der Waals surface area contributed by atoms with Crippen molar-refractivity contribution in [3.05, 3.63) is 63.6 Å². The summed E-state index contributed by atoms with van der Waals surface area (Å²) in [5.41, 5.74) is 7.17. The van der Waals surface area contributed by atoms with Crippen molar-refractivity contribution in [2.24, 2.45) is 5.73 Å². The van der Waals surface area contributed by atoms with Gasteiger partial charge in [-0.1, -0.05) is 41.5 Å². The minimum absolute atomic E-state index is 0.228. The summed E-state index contributed by atoms with van der Waals surface area (Å²) >= 11 is 16.7. The number of benzene rings is 2. The van der Waals surface area contributed by atoms with Crippen LogP contribution in [0.2, 0.25) is 10.0 Å². The van der Waals surface area contributed by atoms with Gasteiger partial charge in [0.2, 0.25) is 0 Å². The summed E-state index contributed by atoms with van der Waals surface area (Å²) < 4.78 is 0. The van der Waals surface area contributed by atoms with Gasteiger partial charge in [-0.15, -0.1) is 0 Å². The minimum atomic E-state index is -0.333. The number of amides is 1. The Morgan fingerprint density at radius 3 is 2.35 bits per heavy atom. The highest BCUT2D eigenvalue weighted by atomic mass is 35.5. The molecule has 0 heterocycles. The van der Waals surface area contributed by atoms with E-state index >= 15 is 0 Å². The van der Waals surface area contributed by atoms with Crippen LogP contribution in [0.25, 0.3) is 0 Å². The molecule has 20 heavy (non-hydrogen) atoms. The van der Waals surface area contributed by atoms with Crippen molar-refractivity contribution in [2.75, 3.05) is 5.32 Å². The maximum Gasteiger partial charge on any atom is 0.257 e. The monoisotopic (exact) mass is 324 g/mol. The van der Waals surface area contributed by atoms with E-state index in [1.54, 1.807) is 42.5 Å². The zero-order valence-corrected chi connectivity index (χ0v) is 12.5. The van der Waals surface area contributed by atoms with E-state index in [9.17, 15) is 4.79 Å². The molecule has 0 saturated carbocycles. The molecule has 0 bridgehead atoms. The van der Waals surface area contributed by atoms with Gasteiger partial charge in [-0.3, -0.25) is 4.79 Å². The first-order valence-corrected chi connectivity index (χ1v) is 6.80. The van der Waals surface area contributed by atoms with E-state index in [1.807, 2.05) is 0 Å². The third-order valence-corrected chi connectivity index (χ3v) is 3.68. The number of nitrogens with two attached hydrogens (primary N) is 1. The molecule has 0 saturated heterocycles. The molecule has 0 fully saturated rings. The molecule has 0 unspecified atom stereocenters. The van der Waals surface area contributed by atoms with Crippen LogP contribution in [-0.2, 0) is 0 Å². The molecular formula is C14H10Cl2N2OS. The van der Waals surface area contributed by atoms with Crippen molar-refractivity contribution >= 4 is 52.0 Å². The average molecular weight is 325 g/mol. The van der Waals surface area contributed by atoms with Crippen LogP contribution >= 0.6 is 35.4 Å². The van der Waals surface area contributed by atoms with Gasteiger partial charge in [-0.05, 0) is 36.4 Å². The molecule has 102 valence electrons. The minimum Gasteiger partial charge on any atom is -0.389 e. The molecular weight excluding hydrogens is 315 g/mol. The predicted octanol–water partition coefficient (Wildman–Crippen LogP) is 3.88. The highest BCUT2D eigenvalue weighted by Gasteiger charge is 2.12. The van der Waals surface area contributed by atoms with Gasteiger partial charge in [0.15, 0.2) is 0 Å². The highest BCUT2D eigenvalue weighted by molar-refractivity contribution is 7.80. The van der Waals surface area contributed by atoms with Crippen LogP contribution < -0.4 is 11.1 Å². The first kappa shape index (κ1) is 14.8. The van der Waals surface area contributed by atoms with E-state index in [4.69, 9.17) is 41.2 Å². The first-order chi connectivity index (χ1) is 9.49. The van der Waals surface area contributed by atoms with Crippen molar-refractivity contribution < 1.29 is 4.79 Å². The van der Waals surface area contributed by atoms with Gasteiger partial charge in [0, 0.05) is 11.3 Å². The van der Waals surface area contributed by atoms with Crippen LogP contribution in [0.4, 0.5) is 5.69 Å². The molecule has 3 nitrogen and oxygen atoms in total. The number of thiocarbonyl (C=S) groups is 1. The van der Waals surface area contributed by atoms with Crippen LogP contribution in [0.15, 0.2) is 42.5 Å². The van der Waals surface area contributed by atoms with Crippen LogP contribution in [0.3, 0.4) is 0 Å². The molecule has 6 heteroatoms. The van der Waals surface area contributed by atoms with E-state index in [0.717, 1.165) is 5.56 Å². The van der Waals surface area contributed by atoms with Crippen LogP contribution in [-0.4, -0.2) is 10.9 Å². The Kier molecular flexibility index (Phi) is 4.60. The van der Waals surface area contributed by atoms with Crippen molar-refractivity contribution in [3.63, 3.8) is 0 Å². The Morgan fingerprint density at radius 1 is 1.10 bits per heavy atom. The number of carbonyl (C=O) groups is 1. The first-order valence-electron chi connectivity index (χ1n) is 5.64. The standard InChI is InChI=1S/C14H10Cl2N2OS/c15-11-3-1-2-10(12(11)16)14(19)18-9-6-4-8(5-7-9)13(17)20/h1-7H,(H2,17,20)(H,18,19). The van der Waals surface area contributed by atoms with Gasteiger partial charge >= 0.3 is 0 Å². The zero-order chi connectivity index (χ0) is 14.7. The van der Waals surface area contributed by atoms with Crippen molar-refractivity contribution in [1.29, 1.82) is 0 Å². The number of anilines is 1. The Bertz CT molecular complexity index is 671. The van der Waals surface area contributed by atoms with Crippen LogP contribution in [0, 0.1) is 0 Å². The van der Waals surface area contributed by atoms with E-state index in [1.165, 1.54) is 0 Å². The topological polar surface area (TPSA) is 55.1 Å². The number of nitrogens with one attached hydrogen (secondary N) is 1. The lowest BCUT2D eigenvalue weighted by atomic mass is 10.2. The number of halogens is 2. The highest BCUT2D eigenvalue weighted by Crippen LogP contribution is 2.26. The van der Waals surface area contributed by atoms with Crippen molar-refractivity contribution in [1.82, 2.24) is 0 Å². The molecule has 2 rings (SSSR count). The summed E-state index contributed by atoms with van der Waals surface area (Å²) in [6.07, 6.45) is 0. The zero-order valence-electron chi connectivity index (χ0n) is 10.2. The molecule has 2 aromatic carbocycles. The smallest absolute Gasteiger partial charge is 0.257 e. The summed E-state index contributed by atoms with van der Waals surface area (Å²) in [6, 6.07) is 11.8. The summed E-state index contributed by atoms with van der Waals surface area (Å²) in [5, 5.41) is 3.29. The van der Waals surface area contributed by atoms with Crippen molar-refractivity contribution in [2.45, 2.75) is 0 Å². The van der Waals surface area contributed by atoms with Crippen LogP contribution in [0.5, 0.6) is 0 Å². The van der Waals surface area contributed by atoms with Gasteiger partial charge in [0.05, 0.1) is 15.6 Å². The lowest BCUT2D eigenvalue weighted by Crippen LogP contribution is -2.13. The SMILES string of the molecule is NC(=S)c1ccc(NC(=O)c2cccc(Cl)c2Cl)cc1. The third-order valence-electron chi connectivity index (χ3n) is 2.62. The third kappa shape index (κ3) is 3.28. The fraction of sp³-hybridized carbons (Fsp3) is 0. The molecule has 3 N–H and O–H groups in total. The summed E-state index contributed by atoms with van der Waals surface area (Å²) in [5.74, 6) is -0.333. The van der Waals surface area contributed by atoms with Gasteiger partial charge in [0.25, 0.3) is 5.91 Å². The second kappa shape index (κ2) is 6.22. The lowest BCUT2D eigenvalue weighted by Gasteiger charge is -2.08. The number of hydrogen-bond acceptors (Lipinski definition) is 2. The molecule has 1 amide bonds. The van der Waals surface area contributed by atoms with E-state index in [-0.39, 0.29) is 10.9 Å². The molecule has 0 spiro atoms. The second-order valence-electron chi connectivity index (χ2n) is 4.00. The molecule has 0 atom stereocenters. The lowest BCUT2D eigenvalue weighted by molar-refractivity contribution is 0.102. The van der Waals surface area contributed by atoms with E-state index in [2.05, 4.69) is 5.32 Å². The number of hydrogen-bond donors (Lipinski definition) is 2. The maximum absolute atomic E-state index is 12.1. The molecule has 0 radical (unpaired) electrons. The van der Waals surface area contributed by atoms with Gasteiger partial charge in [0.1, 0.15) is 4.99 Å². The molecule has 0 aliphatic rings. The Labute approximate surface area is 131 Å². The molecule has 0 aliphatic carbocycles. The molecule has 0 aromatic heterocycles. The number of rotatable bonds is 3. The largest absolute Gasteiger partial charge is 0.389 e. The van der Waals surface area contributed by atoms with Gasteiger partial charge < -0.3 is 11.1 Å². The summed E-state index contributed by atoms with van der Waals surface area (Å²) in [7, 11) is 0. The normalized spacial score (nSPS) is 10.1. The quantitative estimate of drug-likeness (QED) is 0.842. The predicted molar refractivity (Wildman–Crippen MR) is 86.7 cm³/mol. The summed E-state index contributed by atoms with van der Waals surface area (Å²) in [6.45, 7) is 0. The number of carbonyl (C=O) groups excluding carboxylic acids is 1. The summed E-state index contributed by atoms with van der Waals surface area (Å²) in [4.78, 5) is 12.4. The Balaban J connectivity index is 2.19. The Hall–Kier alpha value is -1.62. The van der Waals surface area contributed by atoms with E-state index in [0.29, 0.717) is 21.3 Å². The maximum atomic E-state index is 12.1. The van der Waals surface area contributed by atoms with Gasteiger partial charge in [-0.25, -0.2) is 0 Å². The van der Waals surface area contributed by atoms with Gasteiger partial charge in [-0.2, -0.15) is 0 Å². The molecule has 2 aromatic rings.